The van der Waals surface area contributed by atoms with Crippen LogP contribution in [0.15, 0.2) is 72.8 Å². The van der Waals surface area contributed by atoms with E-state index in [0.717, 1.165) is 39.3 Å². The second-order valence-corrected chi connectivity index (χ2v) is 7.62. The van der Waals surface area contributed by atoms with Crippen LogP contribution in [0.3, 0.4) is 0 Å². The van der Waals surface area contributed by atoms with Crippen LogP contribution in [0.25, 0.3) is 11.1 Å². The molecule has 0 saturated carbocycles. The second kappa shape index (κ2) is 8.78. The number of hydrogen-bond acceptors (Lipinski definition) is 3. The van der Waals surface area contributed by atoms with Crippen molar-refractivity contribution in [3.8, 4) is 11.1 Å². The average Bonchev–Trinajstić information content (AvgIpc) is 3.11. The van der Waals surface area contributed by atoms with Gasteiger partial charge in [0.25, 0.3) is 6.43 Å². The summed E-state index contributed by atoms with van der Waals surface area (Å²) in [5.74, 6) is -1.45. The number of likely N-dealkylation sites (N-methyl/N-ethyl adjacent to an activating group) is 1. The lowest BCUT2D eigenvalue weighted by atomic mass is 9.98. The molecule has 4 rings (SSSR count). The van der Waals surface area contributed by atoms with Crippen molar-refractivity contribution in [1.82, 2.24) is 4.90 Å². The molecule has 1 N–H and O–H groups in total. The average molecular weight is 437 g/mol. The van der Waals surface area contributed by atoms with E-state index < -0.39 is 24.5 Å². The summed E-state index contributed by atoms with van der Waals surface area (Å²) < 4.78 is 31.1. The summed E-state index contributed by atoms with van der Waals surface area (Å²) in [4.78, 5) is 25.6. The van der Waals surface area contributed by atoms with Gasteiger partial charge in [-0.25, -0.2) is 18.4 Å². The van der Waals surface area contributed by atoms with E-state index in [0.29, 0.717) is 0 Å². The largest absolute Gasteiger partial charge is 0.479 e. The lowest BCUT2D eigenvalue weighted by Gasteiger charge is -2.25. The molecule has 1 atom stereocenters. The smallest absolute Gasteiger partial charge is 0.410 e. The normalized spacial score (nSPS) is 13.4. The van der Waals surface area contributed by atoms with Gasteiger partial charge >= 0.3 is 12.1 Å². The molecule has 3 aromatic rings. The van der Waals surface area contributed by atoms with Crippen LogP contribution < -0.4 is 0 Å². The molecule has 0 aromatic heterocycles. The first-order valence-corrected chi connectivity index (χ1v) is 10.1. The predicted octanol–water partition coefficient (Wildman–Crippen LogP) is 5.63. The van der Waals surface area contributed by atoms with Crippen molar-refractivity contribution < 1.29 is 28.2 Å². The number of benzene rings is 3. The number of fused-ring (bicyclic) bond motifs is 3. The van der Waals surface area contributed by atoms with Gasteiger partial charge in [-0.15, -0.1) is 0 Å². The molecule has 0 radical (unpaired) electrons. The Hall–Kier alpha value is -3.74. The summed E-state index contributed by atoms with van der Waals surface area (Å²) >= 11 is 0. The predicted molar refractivity (Wildman–Crippen MR) is 115 cm³/mol. The van der Waals surface area contributed by atoms with Crippen molar-refractivity contribution in [3.63, 3.8) is 0 Å². The van der Waals surface area contributed by atoms with Gasteiger partial charge in [0, 0.05) is 18.5 Å². The first kappa shape index (κ1) is 21.5. The zero-order valence-electron chi connectivity index (χ0n) is 17.2. The van der Waals surface area contributed by atoms with E-state index in [1.165, 1.54) is 19.2 Å². The quantitative estimate of drug-likeness (QED) is 0.543. The highest BCUT2D eigenvalue weighted by atomic mass is 19.3. The number of aliphatic carboxylic acids is 1. The molecular formula is C25H21F2NO4. The van der Waals surface area contributed by atoms with Gasteiger partial charge in [0.2, 0.25) is 0 Å². The van der Waals surface area contributed by atoms with Gasteiger partial charge in [-0.2, -0.15) is 0 Å². The fourth-order valence-corrected chi connectivity index (χ4v) is 4.16. The third-order valence-electron chi connectivity index (χ3n) is 5.75. The lowest BCUT2D eigenvalue weighted by molar-refractivity contribution is -0.142. The molecular weight excluding hydrogens is 416 g/mol. The summed E-state index contributed by atoms with van der Waals surface area (Å²) in [7, 11) is 1.32. The van der Waals surface area contributed by atoms with Crippen molar-refractivity contribution in [1.29, 1.82) is 0 Å². The Morgan fingerprint density at radius 2 is 1.41 bits per heavy atom. The summed E-state index contributed by atoms with van der Waals surface area (Å²) in [6.07, 6.45) is -3.47. The molecule has 3 aromatic carbocycles. The highest BCUT2D eigenvalue weighted by molar-refractivity contribution is 5.82. The molecule has 0 bridgehead atoms. The van der Waals surface area contributed by atoms with Crippen LogP contribution >= 0.6 is 0 Å². The topological polar surface area (TPSA) is 66.8 Å². The highest BCUT2D eigenvalue weighted by Gasteiger charge is 2.32. The van der Waals surface area contributed by atoms with Crippen molar-refractivity contribution in [2.45, 2.75) is 18.4 Å². The van der Waals surface area contributed by atoms with Crippen molar-refractivity contribution in [3.05, 3.63) is 95.1 Å². The molecule has 164 valence electrons. The van der Waals surface area contributed by atoms with Crippen molar-refractivity contribution in [2.24, 2.45) is 0 Å². The lowest BCUT2D eigenvalue weighted by Crippen LogP contribution is -2.36. The number of ether oxygens (including phenoxy) is 1. The van der Waals surface area contributed by atoms with Gasteiger partial charge in [0.05, 0.1) is 0 Å². The molecule has 0 spiro atoms. The zero-order valence-corrected chi connectivity index (χ0v) is 17.2. The highest BCUT2D eigenvalue weighted by Crippen LogP contribution is 2.44. The van der Waals surface area contributed by atoms with E-state index >= 15 is 0 Å². The van der Waals surface area contributed by atoms with Crippen LogP contribution in [0.5, 0.6) is 0 Å². The van der Waals surface area contributed by atoms with Crippen molar-refractivity contribution in [2.75, 3.05) is 13.7 Å². The van der Waals surface area contributed by atoms with Crippen LogP contribution in [0, 0.1) is 0 Å². The van der Waals surface area contributed by atoms with Gasteiger partial charge in [0.15, 0.2) is 6.04 Å². The van der Waals surface area contributed by atoms with E-state index in [1.807, 2.05) is 48.5 Å². The van der Waals surface area contributed by atoms with Crippen LogP contribution in [-0.2, 0) is 9.53 Å². The number of alkyl halides is 2. The van der Waals surface area contributed by atoms with Crippen LogP contribution in [0.4, 0.5) is 13.6 Å². The zero-order chi connectivity index (χ0) is 22.8. The van der Waals surface area contributed by atoms with E-state index in [1.54, 1.807) is 0 Å². The standard InChI is InChI=1S/C25H21F2NO4/c1-28(22(24(29)30)15-10-12-16(13-11-15)23(26)27)25(31)32-14-21-19-8-4-2-6-17(19)18-7-3-5-9-20(18)21/h2-13,21-23H,14H2,1H3,(H,29,30). The van der Waals surface area contributed by atoms with Gasteiger partial charge in [0.1, 0.15) is 6.61 Å². The number of halogens is 2. The third kappa shape index (κ3) is 3.93. The molecule has 1 aliphatic rings. The molecule has 5 nitrogen and oxygen atoms in total. The van der Waals surface area contributed by atoms with Gasteiger partial charge < -0.3 is 9.84 Å². The Balaban J connectivity index is 1.51. The Bertz CT molecular complexity index is 1100. The number of carbonyl (C=O) groups is 2. The number of hydrogen-bond donors (Lipinski definition) is 1. The number of rotatable bonds is 6. The number of carboxylic acids is 1. The molecule has 0 aliphatic heterocycles. The third-order valence-corrected chi connectivity index (χ3v) is 5.75. The maximum Gasteiger partial charge on any atom is 0.410 e. The van der Waals surface area contributed by atoms with E-state index in [2.05, 4.69) is 0 Å². The Labute approximate surface area is 183 Å². The van der Waals surface area contributed by atoms with E-state index in [4.69, 9.17) is 4.74 Å². The summed E-state index contributed by atoms with van der Waals surface area (Å²) in [5, 5.41) is 9.67. The van der Waals surface area contributed by atoms with Crippen LogP contribution in [0.1, 0.15) is 40.6 Å². The van der Waals surface area contributed by atoms with Gasteiger partial charge in [-0.3, -0.25) is 4.90 Å². The minimum absolute atomic E-state index is 0.0495. The molecule has 7 heteroatoms. The maximum atomic E-state index is 12.8. The summed E-state index contributed by atoms with van der Waals surface area (Å²) in [6, 6.07) is 19.3. The molecule has 1 unspecified atom stereocenters. The van der Waals surface area contributed by atoms with Crippen LogP contribution in [-0.4, -0.2) is 35.7 Å². The van der Waals surface area contributed by atoms with E-state index in [-0.39, 0.29) is 23.7 Å². The molecule has 1 amide bonds. The van der Waals surface area contributed by atoms with Gasteiger partial charge in [-0.05, 0) is 27.8 Å². The van der Waals surface area contributed by atoms with Crippen molar-refractivity contribution >= 4 is 12.1 Å². The molecule has 0 heterocycles. The van der Waals surface area contributed by atoms with Gasteiger partial charge in [-0.1, -0.05) is 72.8 Å². The summed E-state index contributed by atoms with van der Waals surface area (Å²) in [5.41, 5.74) is 4.24. The minimum atomic E-state index is -2.66. The number of carbonyl (C=O) groups excluding carboxylic acids is 1. The molecule has 1 aliphatic carbocycles. The fraction of sp³-hybridized carbons (Fsp3) is 0.200. The Morgan fingerprint density at radius 1 is 0.906 bits per heavy atom. The maximum absolute atomic E-state index is 12.8. The SMILES string of the molecule is CN(C(=O)OCC1c2ccccc2-c2ccccc21)C(C(=O)O)c1ccc(C(F)F)cc1. The Kier molecular flexibility index (Phi) is 5.90. The number of carboxylic acid groups (broad SMARTS) is 1. The first-order valence-electron chi connectivity index (χ1n) is 10.1. The van der Waals surface area contributed by atoms with E-state index in [9.17, 15) is 23.5 Å². The molecule has 0 saturated heterocycles. The molecule has 32 heavy (non-hydrogen) atoms. The summed E-state index contributed by atoms with van der Waals surface area (Å²) in [6.45, 7) is 0.0495. The number of amides is 1. The monoisotopic (exact) mass is 437 g/mol. The Morgan fingerprint density at radius 3 is 1.91 bits per heavy atom. The molecule has 0 fully saturated rings. The van der Waals surface area contributed by atoms with Crippen LogP contribution in [0.2, 0.25) is 0 Å². The minimum Gasteiger partial charge on any atom is -0.479 e. The fourth-order valence-electron chi connectivity index (χ4n) is 4.16. The first-order chi connectivity index (χ1) is 15.4. The number of nitrogens with zero attached hydrogens (tertiary/aromatic N) is 1. The second-order valence-electron chi connectivity index (χ2n) is 7.62.